The number of rotatable bonds is 6. The molecular weight excluding hydrogens is 492 g/mol. The van der Waals surface area contributed by atoms with Crippen LogP contribution < -0.4 is 18.9 Å². The monoisotopic (exact) mass is 516 g/mol. The molecule has 0 fully saturated rings. The van der Waals surface area contributed by atoms with Crippen molar-refractivity contribution >= 4 is 16.4 Å². The highest BCUT2D eigenvalue weighted by Gasteiger charge is 2.35. The predicted molar refractivity (Wildman–Crippen MR) is 146 cm³/mol. The highest BCUT2D eigenvalue weighted by atomic mass is 16.5. The Morgan fingerprint density at radius 1 is 0.846 bits per heavy atom. The van der Waals surface area contributed by atoms with Gasteiger partial charge in [0.2, 0.25) is 5.88 Å². The molecule has 192 valence electrons. The molecule has 6 aromatic rings. The van der Waals surface area contributed by atoms with Crippen molar-refractivity contribution in [2.75, 3.05) is 14.2 Å². The molecule has 0 amide bonds. The van der Waals surface area contributed by atoms with Gasteiger partial charge in [-0.05, 0) is 46.7 Å². The minimum absolute atomic E-state index is 0.224. The van der Waals surface area contributed by atoms with Crippen LogP contribution in [0, 0.1) is 0 Å². The van der Waals surface area contributed by atoms with Gasteiger partial charge in [-0.1, -0.05) is 54.6 Å². The molecule has 1 aliphatic rings. The number of fused-ring (bicyclic) bond motifs is 6. The standard InChI is InChI=1S/C31H24N4O4/c1-36-23-14-13-20(16-25(23)37-2)27-28-22-11-7-6-8-19(22)12-15-24(28)39-31-29(27)30-33-26(34-35(30)18-32-31)17-38-21-9-4-3-5-10-21/h3-16,18,27H,17H2,1-2H3/t27-/m1/s1. The molecule has 39 heavy (non-hydrogen) atoms. The van der Waals surface area contributed by atoms with Gasteiger partial charge < -0.3 is 18.9 Å². The zero-order valence-corrected chi connectivity index (χ0v) is 21.4. The number of aromatic nitrogens is 4. The van der Waals surface area contributed by atoms with Crippen LogP contribution in [0.4, 0.5) is 0 Å². The summed E-state index contributed by atoms with van der Waals surface area (Å²) in [6.07, 6.45) is 1.63. The molecule has 8 nitrogen and oxygen atoms in total. The van der Waals surface area contributed by atoms with Gasteiger partial charge in [-0.25, -0.2) is 14.5 Å². The van der Waals surface area contributed by atoms with E-state index in [1.54, 1.807) is 25.1 Å². The van der Waals surface area contributed by atoms with Crippen LogP contribution in [0.25, 0.3) is 16.4 Å². The summed E-state index contributed by atoms with van der Waals surface area (Å²) in [5, 5.41) is 6.87. The van der Waals surface area contributed by atoms with E-state index in [0.29, 0.717) is 28.9 Å². The summed E-state index contributed by atoms with van der Waals surface area (Å²) >= 11 is 0. The van der Waals surface area contributed by atoms with Crippen molar-refractivity contribution < 1.29 is 18.9 Å². The lowest BCUT2D eigenvalue weighted by molar-refractivity contribution is 0.296. The molecule has 0 saturated heterocycles. The van der Waals surface area contributed by atoms with E-state index >= 15 is 0 Å². The maximum absolute atomic E-state index is 6.41. The number of hydrogen-bond acceptors (Lipinski definition) is 7. The summed E-state index contributed by atoms with van der Waals surface area (Å²) in [6, 6.07) is 28.0. The number of methoxy groups -OCH3 is 2. The van der Waals surface area contributed by atoms with E-state index in [1.165, 1.54) is 0 Å². The van der Waals surface area contributed by atoms with Gasteiger partial charge in [0.05, 0.1) is 19.8 Å². The van der Waals surface area contributed by atoms with Gasteiger partial charge in [0, 0.05) is 11.5 Å². The van der Waals surface area contributed by atoms with Crippen molar-refractivity contribution in [1.82, 2.24) is 19.6 Å². The number of nitrogens with zero attached hydrogens (tertiary/aromatic N) is 4. The molecule has 3 heterocycles. The molecular formula is C31H24N4O4. The fourth-order valence-corrected chi connectivity index (χ4v) is 5.24. The average molecular weight is 517 g/mol. The largest absolute Gasteiger partial charge is 0.493 e. The van der Waals surface area contributed by atoms with Crippen molar-refractivity contribution in [1.29, 1.82) is 0 Å². The second-order valence-corrected chi connectivity index (χ2v) is 9.21. The lowest BCUT2D eigenvalue weighted by Gasteiger charge is -2.29. The molecule has 0 radical (unpaired) electrons. The Kier molecular flexibility index (Phi) is 5.51. The molecule has 0 spiro atoms. The first-order chi connectivity index (χ1) is 19.2. The second-order valence-electron chi connectivity index (χ2n) is 9.21. The summed E-state index contributed by atoms with van der Waals surface area (Å²) in [5.41, 5.74) is 3.51. The molecule has 1 aliphatic heterocycles. The van der Waals surface area contributed by atoms with Crippen molar-refractivity contribution in [3.05, 3.63) is 114 Å². The molecule has 0 aliphatic carbocycles. The summed E-state index contributed by atoms with van der Waals surface area (Å²) in [7, 11) is 3.27. The maximum atomic E-state index is 6.41. The molecule has 0 saturated carbocycles. The van der Waals surface area contributed by atoms with Crippen LogP contribution in [0.1, 0.15) is 28.4 Å². The maximum Gasteiger partial charge on any atom is 0.228 e. The second kappa shape index (κ2) is 9.33. The van der Waals surface area contributed by atoms with Gasteiger partial charge in [0.1, 0.15) is 24.4 Å². The van der Waals surface area contributed by atoms with Gasteiger partial charge in [0.25, 0.3) is 0 Å². The lowest BCUT2D eigenvalue weighted by atomic mass is 9.81. The fourth-order valence-electron chi connectivity index (χ4n) is 5.24. The summed E-state index contributed by atoms with van der Waals surface area (Å²) in [5.74, 6) is 3.59. The third-order valence-corrected chi connectivity index (χ3v) is 7.00. The topological polar surface area (TPSA) is 80.0 Å². The summed E-state index contributed by atoms with van der Waals surface area (Å²) < 4.78 is 25.2. The van der Waals surface area contributed by atoms with Gasteiger partial charge >= 0.3 is 0 Å². The van der Waals surface area contributed by atoms with Crippen LogP contribution in [0.15, 0.2) is 91.3 Å². The van der Waals surface area contributed by atoms with Crippen LogP contribution in [-0.2, 0) is 6.61 Å². The molecule has 1 atom stereocenters. The van der Waals surface area contributed by atoms with E-state index in [2.05, 4.69) is 28.3 Å². The molecule has 0 N–H and O–H groups in total. The molecule has 2 aromatic heterocycles. The van der Waals surface area contributed by atoms with E-state index in [9.17, 15) is 0 Å². The quantitative estimate of drug-likeness (QED) is 0.262. The van der Waals surface area contributed by atoms with Gasteiger partial charge in [-0.15, -0.1) is 5.10 Å². The van der Waals surface area contributed by atoms with Crippen molar-refractivity contribution in [3.63, 3.8) is 0 Å². The molecule has 8 heteroatoms. The van der Waals surface area contributed by atoms with E-state index in [1.807, 2.05) is 66.7 Å². The number of benzene rings is 4. The molecule has 7 rings (SSSR count). The van der Waals surface area contributed by atoms with Crippen LogP contribution >= 0.6 is 0 Å². The van der Waals surface area contributed by atoms with Crippen LogP contribution in [0.5, 0.6) is 28.9 Å². The Hall–Kier alpha value is -5.11. The summed E-state index contributed by atoms with van der Waals surface area (Å²) in [4.78, 5) is 9.55. The molecule has 0 bridgehead atoms. The first-order valence-corrected chi connectivity index (χ1v) is 12.6. The molecule has 0 unspecified atom stereocenters. The Morgan fingerprint density at radius 2 is 1.67 bits per heavy atom. The zero-order valence-electron chi connectivity index (χ0n) is 21.4. The van der Waals surface area contributed by atoms with Crippen LogP contribution in [0.2, 0.25) is 0 Å². The zero-order chi connectivity index (χ0) is 26.3. The van der Waals surface area contributed by atoms with Gasteiger partial charge in [-0.2, -0.15) is 0 Å². The summed E-state index contributed by atoms with van der Waals surface area (Å²) in [6.45, 7) is 0.224. The van der Waals surface area contributed by atoms with Crippen LogP contribution in [-0.4, -0.2) is 33.8 Å². The minimum atomic E-state index is -0.252. The van der Waals surface area contributed by atoms with Crippen molar-refractivity contribution in [3.8, 4) is 28.9 Å². The highest BCUT2D eigenvalue weighted by molar-refractivity contribution is 5.90. The first-order valence-electron chi connectivity index (χ1n) is 12.6. The van der Waals surface area contributed by atoms with E-state index in [-0.39, 0.29) is 12.5 Å². The Labute approximate surface area is 224 Å². The Bertz CT molecular complexity index is 1830. The average Bonchev–Trinajstić information content (AvgIpc) is 3.42. The Morgan fingerprint density at radius 3 is 2.51 bits per heavy atom. The predicted octanol–water partition coefficient (Wildman–Crippen LogP) is 6.16. The van der Waals surface area contributed by atoms with E-state index in [4.69, 9.17) is 23.9 Å². The van der Waals surface area contributed by atoms with Crippen molar-refractivity contribution in [2.24, 2.45) is 0 Å². The third kappa shape index (κ3) is 3.88. The smallest absolute Gasteiger partial charge is 0.228 e. The number of hydrogen-bond donors (Lipinski definition) is 0. The van der Waals surface area contributed by atoms with E-state index in [0.717, 1.165) is 39.0 Å². The van der Waals surface area contributed by atoms with Gasteiger partial charge in [0.15, 0.2) is 23.0 Å². The lowest BCUT2D eigenvalue weighted by Crippen LogP contribution is -2.15. The first kappa shape index (κ1) is 23.0. The number of ether oxygens (including phenoxy) is 4. The molecule has 4 aromatic carbocycles. The van der Waals surface area contributed by atoms with Gasteiger partial charge in [-0.3, -0.25) is 0 Å². The Balaban J connectivity index is 1.43. The SMILES string of the molecule is COc1ccc([C@@H]2c3c(ccc4ccccc34)Oc3ncn4nc(COc5ccccc5)nc4c32)cc1OC. The van der Waals surface area contributed by atoms with Crippen molar-refractivity contribution in [2.45, 2.75) is 12.5 Å². The fraction of sp³-hybridized carbons (Fsp3) is 0.129. The highest BCUT2D eigenvalue weighted by Crippen LogP contribution is 2.51. The normalized spacial score (nSPS) is 13.9. The third-order valence-electron chi connectivity index (χ3n) is 7.00. The van der Waals surface area contributed by atoms with E-state index < -0.39 is 0 Å². The van der Waals surface area contributed by atoms with Crippen LogP contribution in [0.3, 0.4) is 0 Å². The minimum Gasteiger partial charge on any atom is -0.493 e. The number of para-hydroxylation sites is 1.